The molecular weight excluding hydrogens is 819 g/mol. The molecule has 6 rings (SSSR count). The lowest BCUT2D eigenvalue weighted by Crippen LogP contribution is -2.42. The van der Waals surface area contributed by atoms with E-state index in [0.29, 0.717) is 0 Å². The van der Waals surface area contributed by atoms with Gasteiger partial charge in [-0.2, -0.15) is 0 Å². The Kier molecular flexibility index (Phi) is 22.0. The van der Waals surface area contributed by atoms with Crippen molar-refractivity contribution in [3.63, 3.8) is 0 Å². The molecular formula is C50H60BFN2O6S2. The van der Waals surface area contributed by atoms with Crippen LogP contribution in [0.2, 0.25) is 0 Å². The van der Waals surface area contributed by atoms with E-state index in [9.17, 15) is 4.32 Å². The number of halogens is 1. The van der Waals surface area contributed by atoms with Crippen LogP contribution in [0.1, 0.15) is 79.1 Å². The molecule has 2 heterocycles. The molecule has 0 bridgehead atoms. The van der Waals surface area contributed by atoms with Crippen molar-refractivity contribution < 1.29 is 44.1 Å². The van der Waals surface area contributed by atoms with Crippen LogP contribution in [0.3, 0.4) is 0 Å². The molecule has 0 spiro atoms. The topological polar surface area (TPSA) is 134 Å². The van der Waals surface area contributed by atoms with Gasteiger partial charge >= 0.3 is 0 Å². The molecule has 0 aliphatic carbocycles. The lowest BCUT2D eigenvalue weighted by Gasteiger charge is -2.09. The van der Waals surface area contributed by atoms with Crippen molar-refractivity contribution >= 4 is 30.1 Å². The molecule has 4 N–H and O–H groups in total. The number of ether oxygens (including phenoxy) is 4. The van der Waals surface area contributed by atoms with E-state index in [-0.39, 0.29) is 0 Å². The monoisotopic (exact) mass is 878 g/mol. The standard InChI is InChI=1S/2C25H29NO2S.BFO2/c2*1-3-5-15-27-22-11-7-19(8-12-22)21-17-24(29-25(26)18-21)20-9-13-23(14-10-20)28-16-6-4-2;2-1(3)4/h2*7-14,17-18,26H,3-6,15-16H2,1-2H3;/q;;-2/p+2. The van der Waals surface area contributed by atoms with E-state index < -0.39 is 7.40 Å². The van der Waals surface area contributed by atoms with E-state index in [1.807, 2.05) is 60.7 Å². The number of hydrogen-bond acceptors (Lipinski definition) is 8. The fraction of sp³-hybridized carbons (Fsp3) is 0.320. The molecule has 0 amide bonds. The third kappa shape index (κ3) is 17.6. The summed E-state index contributed by atoms with van der Waals surface area (Å²) >= 11 is 3.19. The van der Waals surface area contributed by atoms with Crippen LogP contribution in [0.4, 0.5) is 4.32 Å². The molecule has 8 nitrogen and oxygen atoms in total. The number of rotatable bonds is 20. The zero-order valence-electron chi connectivity index (χ0n) is 36.4. The average molecular weight is 879 g/mol. The van der Waals surface area contributed by atoms with Gasteiger partial charge in [0, 0.05) is 21.9 Å². The lowest BCUT2D eigenvalue weighted by molar-refractivity contribution is -0.366. The first-order chi connectivity index (χ1) is 30.1. The Morgan fingerprint density at radius 1 is 0.419 bits per heavy atom. The second kappa shape index (κ2) is 27.6. The first-order valence-electron chi connectivity index (χ1n) is 21.5. The predicted octanol–water partition coefficient (Wildman–Crippen LogP) is 7.86. The molecule has 328 valence electrons. The van der Waals surface area contributed by atoms with Crippen LogP contribution < -0.4 is 49.2 Å². The van der Waals surface area contributed by atoms with Crippen LogP contribution in [0, 0.1) is 0 Å². The molecule has 0 fully saturated rings. The van der Waals surface area contributed by atoms with Crippen molar-refractivity contribution in [2.75, 3.05) is 26.4 Å². The second-order valence-corrected chi connectivity index (χ2v) is 16.6. The first-order valence-corrected chi connectivity index (χ1v) is 23.1. The summed E-state index contributed by atoms with van der Waals surface area (Å²) in [5.74, 6) is 3.64. The van der Waals surface area contributed by atoms with Gasteiger partial charge in [-0.05, 0) is 144 Å². The Morgan fingerprint density at radius 2 is 0.661 bits per heavy atom. The van der Waals surface area contributed by atoms with Crippen LogP contribution in [0.15, 0.2) is 121 Å². The van der Waals surface area contributed by atoms with E-state index >= 15 is 0 Å². The minimum atomic E-state index is -3.17. The molecule has 0 aliphatic heterocycles. The van der Waals surface area contributed by atoms with E-state index in [1.54, 1.807) is 22.7 Å². The molecule has 0 aliphatic rings. The Bertz CT molecular complexity index is 1970. The summed E-state index contributed by atoms with van der Waals surface area (Å²) in [5.41, 5.74) is 6.78. The van der Waals surface area contributed by atoms with E-state index in [1.165, 1.54) is 0 Å². The molecule has 12 heteroatoms. The van der Waals surface area contributed by atoms with Gasteiger partial charge in [0.15, 0.2) is 0 Å². The predicted molar refractivity (Wildman–Crippen MR) is 249 cm³/mol. The van der Waals surface area contributed by atoms with Crippen LogP contribution in [-0.4, -0.2) is 33.8 Å². The van der Waals surface area contributed by atoms with Gasteiger partial charge in [0.25, 0.3) is 9.34 Å². The largest absolute Gasteiger partial charge is 0.867 e. The molecule has 0 atom stereocenters. The lowest BCUT2D eigenvalue weighted by atomic mass is 10.1. The highest BCUT2D eigenvalue weighted by Crippen LogP contribution is 2.31. The number of benzene rings is 4. The van der Waals surface area contributed by atoms with E-state index in [4.69, 9.17) is 39.8 Å². The zero-order chi connectivity index (χ0) is 44.5. The summed E-state index contributed by atoms with van der Waals surface area (Å²) in [6.45, 7) is 11.7. The molecule has 0 saturated carbocycles. The van der Waals surface area contributed by atoms with Crippen molar-refractivity contribution in [1.82, 2.24) is 0 Å². The molecule has 0 unspecified atom stereocenters. The van der Waals surface area contributed by atoms with Gasteiger partial charge in [0.2, 0.25) is 0 Å². The van der Waals surface area contributed by atoms with Crippen LogP contribution in [-0.2, 0) is 0 Å². The summed E-state index contributed by atoms with van der Waals surface area (Å²) in [7, 11) is -3.17. The number of hydrogen-bond donors (Lipinski definition) is 2. The number of unbranched alkanes of at least 4 members (excludes halogenated alkanes) is 4. The highest BCUT2D eigenvalue weighted by Gasteiger charge is 2.09. The van der Waals surface area contributed by atoms with Gasteiger partial charge < -0.3 is 33.3 Å². The van der Waals surface area contributed by atoms with Gasteiger partial charge in [0.05, 0.1) is 26.4 Å². The molecule has 0 saturated heterocycles. The highest BCUT2D eigenvalue weighted by atomic mass is 32.1. The van der Waals surface area contributed by atoms with Gasteiger partial charge in [-0.3, -0.25) is 0 Å². The van der Waals surface area contributed by atoms with Gasteiger partial charge in [-0.25, -0.2) is 10.8 Å². The quantitative estimate of drug-likeness (QED) is 0.0593. The van der Waals surface area contributed by atoms with E-state index in [2.05, 4.69) is 88.4 Å². The van der Waals surface area contributed by atoms with Crippen molar-refractivity contribution in [3.8, 4) is 66.1 Å². The summed E-state index contributed by atoms with van der Waals surface area (Å²) in [4.78, 5) is 2.28. The van der Waals surface area contributed by atoms with Crippen LogP contribution >= 0.6 is 22.7 Å². The van der Waals surface area contributed by atoms with Crippen molar-refractivity contribution in [2.45, 2.75) is 79.1 Å². The normalized spacial score (nSPS) is 10.4. The van der Waals surface area contributed by atoms with E-state index in [0.717, 1.165) is 153 Å². The molecule has 0 radical (unpaired) electrons. The molecule has 4 aromatic carbocycles. The van der Waals surface area contributed by atoms with Crippen molar-refractivity contribution in [2.24, 2.45) is 0 Å². The third-order valence-corrected chi connectivity index (χ3v) is 11.2. The van der Waals surface area contributed by atoms with Crippen LogP contribution in [0.5, 0.6) is 23.0 Å². The Morgan fingerprint density at radius 3 is 0.903 bits per heavy atom. The summed E-state index contributed by atoms with van der Waals surface area (Å²) < 4.78 is 34.5. The zero-order valence-corrected chi connectivity index (χ0v) is 38.0. The minimum absolute atomic E-state index is 0.762. The SMILES string of the molecule is CCCCOc1ccc(-c2cc(-c3ccc(OCCCC)cc3)sc(=[NH2+])c2)cc1.CCCCOc1ccc(-c2cc(-c3ccc(OCCCC)cc3)sc(=[NH2+])c2)cc1.[O-]B([O-])F. The van der Waals surface area contributed by atoms with Gasteiger partial charge in [0.1, 0.15) is 30.4 Å². The maximum atomic E-state index is 9.89. The Labute approximate surface area is 374 Å². The third-order valence-electron chi connectivity index (χ3n) is 9.34. The van der Waals surface area contributed by atoms with Crippen molar-refractivity contribution in [3.05, 3.63) is 131 Å². The summed E-state index contributed by atoms with van der Waals surface area (Å²) in [6.07, 6.45) is 8.84. The fourth-order valence-corrected chi connectivity index (χ4v) is 7.68. The maximum absolute atomic E-state index is 9.89. The van der Waals surface area contributed by atoms with Gasteiger partial charge in [-0.15, -0.1) is 0 Å². The number of nitrogens with two attached hydrogens (primary N) is 2. The maximum Gasteiger partial charge on any atom is 0.254 e. The van der Waals surface area contributed by atoms with Crippen molar-refractivity contribution in [1.29, 1.82) is 0 Å². The fourth-order valence-electron chi connectivity index (χ4n) is 5.92. The first kappa shape index (κ1) is 49.4. The smallest absolute Gasteiger partial charge is 0.254 e. The second-order valence-electron chi connectivity index (χ2n) is 14.4. The minimum Gasteiger partial charge on any atom is -0.867 e. The Balaban J connectivity index is 0.000000251. The molecule has 62 heavy (non-hydrogen) atoms. The highest BCUT2D eigenvalue weighted by molar-refractivity contribution is 7.13. The summed E-state index contributed by atoms with van der Waals surface area (Å²) in [6, 6.07) is 41.4. The Hall–Kier alpha value is -5.27. The average Bonchev–Trinajstić information content (AvgIpc) is 3.27. The van der Waals surface area contributed by atoms with Crippen LogP contribution in [0.25, 0.3) is 43.1 Å². The summed E-state index contributed by atoms with van der Waals surface area (Å²) in [5, 5.41) is 29.1. The molecule has 2 aromatic heterocycles. The molecule has 6 aromatic rings. The van der Waals surface area contributed by atoms with Gasteiger partial charge in [-0.1, -0.05) is 100 Å².